The highest BCUT2D eigenvalue weighted by Crippen LogP contribution is 1.82. The van der Waals surface area contributed by atoms with Crippen molar-refractivity contribution in [1.29, 1.82) is 10.5 Å². The van der Waals surface area contributed by atoms with Gasteiger partial charge in [0, 0.05) is 0 Å². The first-order chi connectivity index (χ1) is 4.41. The molecule has 48 valence electrons. The third-order valence-electron chi connectivity index (χ3n) is 0.716. The van der Waals surface area contributed by atoms with E-state index in [9.17, 15) is 0 Å². The third kappa shape index (κ3) is 6.94. The van der Waals surface area contributed by atoms with Crippen molar-refractivity contribution in [1.82, 2.24) is 0 Å². The molecule has 0 aliphatic rings. The molecule has 0 radical (unpaired) electrons. The summed E-state index contributed by atoms with van der Waals surface area (Å²) in [5.74, 6) is 0. The van der Waals surface area contributed by atoms with E-state index in [-0.39, 0.29) is 0 Å². The summed E-state index contributed by atoms with van der Waals surface area (Å²) in [4.78, 5) is 0. The van der Waals surface area contributed by atoms with Crippen LogP contribution in [0.5, 0.6) is 0 Å². The van der Waals surface area contributed by atoms with Gasteiger partial charge in [-0.2, -0.15) is 10.5 Å². The van der Waals surface area contributed by atoms with Gasteiger partial charge in [-0.05, 0) is 0 Å². The zero-order valence-electron chi connectivity index (χ0n) is 5.13. The van der Waals surface area contributed by atoms with Crippen LogP contribution in [0.3, 0.4) is 0 Å². The van der Waals surface area contributed by atoms with E-state index in [4.69, 9.17) is 15.3 Å². The molecular weight excluding hydrogens is 118 g/mol. The van der Waals surface area contributed by atoms with Gasteiger partial charge in [-0.3, -0.25) is 0 Å². The molecule has 3 heteroatoms. The summed E-state index contributed by atoms with van der Waals surface area (Å²) in [7, 11) is 0. The van der Waals surface area contributed by atoms with Gasteiger partial charge in [-0.15, -0.1) is 0 Å². The lowest BCUT2D eigenvalue weighted by Crippen LogP contribution is -1.93. The minimum Gasteiger partial charge on any atom is -0.379 e. The summed E-state index contributed by atoms with van der Waals surface area (Å²) in [6.07, 6.45) is 0.816. The van der Waals surface area contributed by atoms with Crippen molar-refractivity contribution in [3.8, 4) is 12.1 Å². The fourth-order valence-electron chi connectivity index (χ4n) is 0.338. The third-order valence-corrected chi connectivity index (χ3v) is 0.716. The first-order valence-electron chi connectivity index (χ1n) is 2.73. The Morgan fingerprint density at radius 2 is 1.44 bits per heavy atom. The van der Waals surface area contributed by atoms with E-state index in [0.717, 1.165) is 0 Å². The van der Waals surface area contributed by atoms with Crippen LogP contribution in [0.25, 0.3) is 0 Å². The molecule has 0 N–H and O–H groups in total. The van der Waals surface area contributed by atoms with Gasteiger partial charge in [0.25, 0.3) is 0 Å². The lowest BCUT2D eigenvalue weighted by Gasteiger charge is -1.93. The van der Waals surface area contributed by atoms with Crippen LogP contribution in [-0.4, -0.2) is 13.2 Å². The van der Waals surface area contributed by atoms with Crippen LogP contribution in [0, 0.1) is 22.7 Å². The number of nitrogens with zero attached hydrogens (tertiary/aromatic N) is 2. The SMILES string of the molecule is N#[13C]CCOCC[13C]#N. The van der Waals surface area contributed by atoms with E-state index in [2.05, 4.69) is 0 Å². The van der Waals surface area contributed by atoms with Gasteiger partial charge in [0.05, 0.1) is 38.2 Å². The Balaban J connectivity index is 2.79. The quantitative estimate of drug-likeness (QED) is 0.414. The molecule has 0 bridgehead atoms. The van der Waals surface area contributed by atoms with E-state index >= 15 is 0 Å². The maximum atomic E-state index is 8.03. The Morgan fingerprint density at radius 1 is 1.00 bits per heavy atom. The van der Waals surface area contributed by atoms with Crippen molar-refractivity contribution in [2.75, 3.05) is 13.2 Å². The van der Waals surface area contributed by atoms with Crippen LogP contribution in [0.1, 0.15) is 12.8 Å². The molecule has 0 saturated heterocycles. The lowest BCUT2D eigenvalue weighted by atomic mass is 10.6. The Labute approximate surface area is 54.5 Å². The Hall–Kier alpha value is -1.06. The smallest absolute Gasteiger partial charge is 0.0645 e. The van der Waals surface area contributed by atoms with Crippen molar-refractivity contribution in [2.24, 2.45) is 0 Å². The van der Waals surface area contributed by atoms with E-state index < -0.39 is 0 Å². The topological polar surface area (TPSA) is 56.8 Å². The molecule has 0 amide bonds. The first kappa shape index (κ1) is 7.94. The average Bonchev–Trinajstić information content (AvgIpc) is 1.89. The van der Waals surface area contributed by atoms with Crippen LogP contribution in [0.15, 0.2) is 0 Å². The summed E-state index contributed by atoms with van der Waals surface area (Å²) < 4.78 is 4.87. The number of nitriles is 2. The highest BCUT2D eigenvalue weighted by atomic mass is 16.5. The standard InChI is InChI=1S/C6H8N2O/c7-3-1-5-9-6-2-4-8/h1-2,5-6H2/i3+1,4+1. The second kappa shape index (κ2) is 6.94. The molecule has 0 unspecified atom stereocenters. The molecule has 0 rings (SSSR count). The summed E-state index contributed by atoms with van der Waals surface area (Å²) in [5.41, 5.74) is 0. The summed E-state index contributed by atoms with van der Waals surface area (Å²) >= 11 is 0. The maximum Gasteiger partial charge on any atom is 0.0645 e. The average molecular weight is 126 g/mol. The molecule has 0 atom stereocenters. The van der Waals surface area contributed by atoms with Crippen molar-refractivity contribution in [3.63, 3.8) is 0 Å². The Bertz CT molecular complexity index is 115. The molecular formula is C6H8N2O. The van der Waals surface area contributed by atoms with Crippen LogP contribution in [0.4, 0.5) is 0 Å². The van der Waals surface area contributed by atoms with Crippen molar-refractivity contribution in [2.45, 2.75) is 12.8 Å². The fraction of sp³-hybridized carbons (Fsp3) is 0.667. The number of hydrogen-bond donors (Lipinski definition) is 0. The molecule has 0 aliphatic carbocycles. The second-order valence-electron chi connectivity index (χ2n) is 1.43. The van der Waals surface area contributed by atoms with Crippen LogP contribution in [0.2, 0.25) is 0 Å². The van der Waals surface area contributed by atoms with Crippen molar-refractivity contribution < 1.29 is 4.74 Å². The van der Waals surface area contributed by atoms with E-state index in [1.165, 1.54) is 0 Å². The van der Waals surface area contributed by atoms with E-state index in [1.807, 2.05) is 12.1 Å². The van der Waals surface area contributed by atoms with Crippen LogP contribution in [-0.2, 0) is 4.74 Å². The van der Waals surface area contributed by atoms with Gasteiger partial charge in [0.2, 0.25) is 0 Å². The van der Waals surface area contributed by atoms with Crippen molar-refractivity contribution in [3.05, 3.63) is 0 Å². The van der Waals surface area contributed by atoms with Gasteiger partial charge < -0.3 is 4.74 Å². The van der Waals surface area contributed by atoms with Crippen molar-refractivity contribution >= 4 is 0 Å². The number of ether oxygens (including phenoxy) is 1. The molecule has 0 aliphatic heterocycles. The van der Waals surface area contributed by atoms with E-state index in [0.29, 0.717) is 26.1 Å². The van der Waals surface area contributed by atoms with Gasteiger partial charge in [-0.25, -0.2) is 0 Å². The van der Waals surface area contributed by atoms with Crippen LogP contribution >= 0.6 is 0 Å². The molecule has 0 aromatic rings. The highest BCUT2D eigenvalue weighted by molar-refractivity contribution is 4.69. The maximum absolute atomic E-state index is 8.03. The minimum absolute atomic E-state index is 0.408. The Morgan fingerprint density at radius 3 is 1.78 bits per heavy atom. The summed E-state index contributed by atoms with van der Waals surface area (Å²) in [6.45, 7) is 0.885. The highest BCUT2D eigenvalue weighted by Gasteiger charge is 1.84. The lowest BCUT2D eigenvalue weighted by molar-refractivity contribution is 0.145. The van der Waals surface area contributed by atoms with Gasteiger partial charge in [0.15, 0.2) is 0 Å². The predicted molar refractivity (Wildman–Crippen MR) is 31.3 cm³/mol. The molecule has 0 spiro atoms. The first-order valence-corrected chi connectivity index (χ1v) is 2.73. The monoisotopic (exact) mass is 126 g/mol. The second-order valence-corrected chi connectivity index (χ2v) is 1.43. The van der Waals surface area contributed by atoms with Gasteiger partial charge >= 0.3 is 0 Å². The summed E-state index contributed by atoms with van der Waals surface area (Å²) in [5, 5.41) is 16.1. The van der Waals surface area contributed by atoms with Gasteiger partial charge in [-0.1, -0.05) is 0 Å². The molecule has 9 heavy (non-hydrogen) atoms. The zero-order valence-corrected chi connectivity index (χ0v) is 5.13. The van der Waals surface area contributed by atoms with E-state index in [1.54, 1.807) is 0 Å². The molecule has 0 aromatic carbocycles. The molecule has 0 aromatic heterocycles. The largest absolute Gasteiger partial charge is 0.379 e. The fourth-order valence-corrected chi connectivity index (χ4v) is 0.338. The molecule has 0 saturated carbocycles. The minimum atomic E-state index is 0.408. The molecule has 3 nitrogen and oxygen atoms in total. The number of hydrogen-bond acceptors (Lipinski definition) is 3. The number of rotatable bonds is 4. The zero-order chi connectivity index (χ0) is 6.95. The summed E-state index contributed by atoms with van der Waals surface area (Å²) in [6, 6.07) is 3.87. The predicted octanol–water partition coefficient (Wildman–Crippen LogP) is 0.830. The molecule has 0 heterocycles. The van der Waals surface area contributed by atoms with Crippen LogP contribution < -0.4 is 0 Å². The normalized spacial score (nSPS) is 7.78. The Kier molecular flexibility index (Phi) is 6.12. The van der Waals surface area contributed by atoms with Gasteiger partial charge in [0.1, 0.15) is 0 Å². The molecule has 0 fully saturated rings.